The Morgan fingerprint density at radius 3 is 2.62 bits per heavy atom. The van der Waals surface area contributed by atoms with Crippen LogP contribution in [0.3, 0.4) is 0 Å². The van der Waals surface area contributed by atoms with Gasteiger partial charge in [0.1, 0.15) is 6.10 Å². The molecule has 0 atom stereocenters. The molecule has 0 heterocycles. The first-order valence-corrected chi connectivity index (χ1v) is 4.35. The van der Waals surface area contributed by atoms with Crippen molar-refractivity contribution in [1.82, 2.24) is 0 Å². The Kier molecular flexibility index (Phi) is 3.41. The van der Waals surface area contributed by atoms with Crippen molar-refractivity contribution in [3.05, 3.63) is 0 Å². The molecule has 68 valence electrons. The Balaban J connectivity index is 2.26. The fourth-order valence-corrected chi connectivity index (χ4v) is 1.25. The molecule has 0 aromatic heterocycles. The molecule has 0 spiro atoms. The monoisotopic (exact) mass is 176 g/mol. The minimum atomic E-state index is -0.459. The van der Waals surface area contributed by atoms with Crippen LogP contribution in [0.4, 0.5) is 0 Å². The minimum Gasteiger partial charge on any atom is -0.453 e. The summed E-state index contributed by atoms with van der Waals surface area (Å²) in [6, 6.07) is 0. The van der Waals surface area contributed by atoms with Crippen LogP contribution >= 0.6 is 0 Å². The van der Waals surface area contributed by atoms with Crippen LogP contribution in [0.15, 0.2) is 0 Å². The summed E-state index contributed by atoms with van der Waals surface area (Å²) in [6.45, 7) is 3.81. The smallest absolute Gasteiger partial charge is 0.385 e. The average Bonchev–Trinajstić information content (AvgIpc) is 2.02. The van der Waals surface area contributed by atoms with Crippen LogP contribution in [0.5, 0.6) is 0 Å². The van der Waals surface area contributed by atoms with E-state index in [1.165, 1.54) is 0 Å². The van der Waals surface area contributed by atoms with E-state index < -0.39 is 5.97 Å². The van der Waals surface area contributed by atoms with Gasteiger partial charge in [0.05, 0.1) is 0 Å². The molecule has 0 aliphatic heterocycles. The van der Waals surface area contributed by atoms with Gasteiger partial charge in [0.15, 0.2) is 0 Å². The van der Waals surface area contributed by atoms with Gasteiger partial charge in [0.2, 0.25) is 0 Å². The second kappa shape index (κ2) is 4.58. The molecular formula is C11H12O2. The SMILES string of the molecule is CC#CC#CC(=O)OC1CC(C)C1. The lowest BCUT2D eigenvalue weighted by atomic mass is 9.84. The number of carbonyl (C=O) groups excluding carboxylic acids is 1. The van der Waals surface area contributed by atoms with E-state index in [2.05, 4.69) is 30.6 Å². The van der Waals surface area contributed by atoms with Gasteiger partial charge in [-0.1, -0.05) is 12.8 Å². The standard InChI is InChI=1S/C11H12O2/c1-3-4-5-6-11(12)13-10-7-9(2)8-10/h9-10H,7-8H2,1-2H3. The van der Waals surface area contributed by atoms with Crippen molar-refractivity contribution in [3.8, 4) is 23.7 Å². The van der Waals surface area contributed by atoms with Gasteiger partial charge in [-0.2, -0.15) is 0 Å². The molecule has 0 radical (unpaired) electrons. The van der Waals surface area contributed by atoms with Crippen LogP contribution in [0.25, 0.3) is 0 Å². The number of hydrogen-bond acceptors (Lipinski definition) is 2. The second-order valence-corrected chi connectivity index (χ2v) is 3.23. The number of carbonyl (C=O) groups is 1. The molecule has 0 saturated heterocycles. The first-order chi connectivity index (χ1) is 6.22. The second-order valence-electron chi connectivity index (χ2n) is 3.23. The van der Waals surface area contributed by atoms with Crippen LogP contribution in [0.1, 0.15) is 26.7 Å². The van der Waals surface area contributed by atoms with Gasteiger partial charge < -0.3 is 4.74 Å². The van der Waals surface area contributed by atoms with Crippen molar-refractivity contribution in [2.24, 2.45) is 5.92 Å². The molecule has 0 N–H and O–H groups in total. The zero-order chi connectivity index (χ0) is 9.68. The maximum Gasteiger partial charge on any atom is 0.385 e. The zero-order valence-electron chi connectivity index (χ0n) is 7.89. The summed E-state index contributed by atoms with van der Waals surface area (Å²) in [7, 11) is 0. The number of rotatable bonds is 1. The highest BCUT2D eigenvalue weighted by molar-refractivity contribution is 5.89. The third-order valence-electron chi connectivity index (χ3n) is 1.96. The third-order valence-corrected chi connectivity index (χ3v) is 1.96. The molecule has 1 fully saturated rings. The highest BCUT2D eigenvalue weighted by Crippen LogP contribution is 2.28. The van der Waals surface area contributed by atoms with Crippen molar-refractivity contribution in [3.63, 3.8) is 0 Å². The average molecular weight is 176 g/mol. The van der Waals surface area contributed by atoms with Crippen molar-refractivity contribution >= 4 is 5.97 Å². The highest BCUT2D eigenvalue weighted by Gasteiger charge is 2.28. The molecule has 13 heavy (non-hydrogen) atoms. The van der Waals surface area contributed by atoms with Crippen molar-refractivity contribution in [2.45, 2.75) is 32.8 Å². The molecular weight excluding hydrogens is 164 g/mol. The topological polar surface area (TPSA) is 26.3 Å². The lowest BCUT2D eigenvalue weighted by Gasteiger charge is -2.31. The lowest BCUT2D eigenvalue weighted by molar-refractivity contribution is -0.147. The van der Waals surface area contributed by atoms with Crippen molar-refractivity contribution in [2.75, 3.05) is 0 Å². The summed E-state index contributed by atoms with van der Waals surface area (Å²) in [6.07, 6.45) is 2.02. The number of esters is 1. The quantitative estimate of drug-likeness (QED) is 0.342. The van der Waals surface area contributed by atoms with Gasteiger partial charge in [-0.05, 0) is 37.5 Å². The van der Waals surface area contributed by atoms with E-state index in [0.717, 1.165) is 12.8 Å². The molecule has 1 saturated carbocycles. The molecule has 1 aliphatic rings. The Morgan fingerprint density at radius 2 is 2.08 bits per heavy atom. The molecule has 0 aromatic carbocycles. The maximum atomic E-state index is 11.0. The Bertz CT molecular complexity index is 302. The van der Waals surface area contributed by atoms with Crippen LogP contribution in [0.2, 0.25) is 0 Å². The van der Waals surface area contributed by atoms with E-state index in [1.54, 1.807) is 6.92 Å². The van der Waals surface area contributed by atoms with Gasteiger partial charge in [-0.3, -0.25) is 0 Å². The van der Waals surface area contributed by atoms with Gasteiger partial charge in [0.25, 0.3) is 0 Å². The Labute approximate surface area is 78.7 Å². The van der Waals surface area contributed by atoms with Gasteiger partial charge >= 0.3 is 5.97 Å². The summed E-state index contributed by atoms with van der Waals surface area (Å²) >= 11 is 0. The summed E-state index contributed by atoms with van der Waals surface area (Å²) in [5.74, 6) is 10.0. The van der Waals surface area contributed by atoms with E-state index in [-0.39, 0.29) is 6.10 Å². The molecule has 2 nitrogen and oxygen atoms in total. The first kappa shape index (κ1) is 9.68. The summed E-state index contributed by atoms with van der Waals surface area (Å²) < 4.78 is 5.02. The van der Waals surface area contributed by atoms with Crippen LogP contribution in [-0.4, -0.2) is 12.1 Å². The lowest BCUT2D eigenvalue weighted by Crippen LogP contribution is -2.31. The predicted molar refractivity (Wildman–Crippen MR) is 49.5 cm³/mol. The molecule has 0 bridgehead atoms. The molecule has 2 heteroatoms. The summed E-state index contributed by atoms with van der Waals surface area (Å²) in [5.41, 5.74) is 0. The van der Waals surface area contributed by atoms with Crippen molar-refractivity contribution < 1.29 is 9.53 Å². The van der Waals surface area contributed by atoms with E-state index in [1.807, 2.05) is 0 Å². The van der Waals surface area contributed by atoms with Gasteiger partial charge in [-0.25, -0.2) is 4.79 Å². The number of ether oxygens (including phenoxy) is 1. The zero-order valence-corrected chi connectivity index (χ0v) is 7.89. The van der Waals surface area contributed by atoms with E-state index in [4.69, 9.17) is 4.74 Å². The molecule has 1 aliphatic carbocycles. The molecule has 0 amide bonds. The Morgan fingerprint density at radius 1 is 1.38 bits per heavy atom. The van der Waals surface area contributed by atoms with Crippen LogP contribution in [-0.2, 0) is 9.53 Å². The van der Waals surface area contributed by atoms with Crippen LogP contribution < -0.4 is 0 Å². The first-order valence-electron chi connectivity index (χ1n) is 4.35. The predicted octanol–water partition coefficient (Wildman–Crippen LogP) is 1.35. The Hall–Kier alpha value is -1.41. The maximum absolute atomic E-state index is 11.0. The molecule has 0 aromatic rings. The van der Waals surface area contributed by atoms with Crippen molar-refractivity contribution in [1.29, 1.82) is 0 Å². The van der Waals surface area contributed by atoms with Gasteiger partial charge in [-0.15, -0.1) is 0 Å². The fraction of sp³-hybridized carbons (Fsp3) is 0.545. The van der Waals surface area contributed by atoms with E-state index >= 15 is 0 Å². The number of hydrogen-bond donors (Lipinski definition) is 0. The van der Waals surface area contributed by atoms with Crippen LogP contribution in [0, 0.1) is 29.6 Å². The summed E-state index contributed by atoms with van der Waals surface area (Å²) in [5, 5.41) is 0. The summed E-state index contributed by atoms with van der Waals surface area (Å²) in [4.78, 5) is 11.0. The van der Waals surface area contributed by atoms with E-state index in [0.29, 0.717) is 5.92 Å². The normalized spacial score (nSPS) is 24.2. The third kappa shape index (κ3) is 3.22. The molecule has 1 rings (SSSR count). The molecule has 0 unspecified atom stereocenters. The minimum absolute atomic E-state index is 0.0892. The fourth-order valence-electron chi connectivity index (χ4n) is 1.25. The largest absolute Gasteiger partial charge is 0.453 e. The van der Waals surface area contributed by atoms with E-state index in [9.17, 15) is 4.79 Å². The van der Waals surface area contributed by atoms with Gasteiger partial charge in [0, 0.05) is 5.92 Å². The highest BCUT2D eigenvalue weighted by atomic mass is 16.5.